The molecular weight excluding hydrogens is 266 g/mol. The van der Waals surface area contributed by atoms with E-state index < -0.39 is 0 Å². The SMILES string of the molecule is COc1cc(C(=O)Nc2ccc(Cl)cn2)ccc1N. The molecule has 0 fully saturated rings. The lowest BCUT2D eigenvalue weighted by atomic mass is 10.2. The molecule has 0 aliphatic heterocycles. The Bertz CT molecular complexity index is 599. The number of anilines is 2. The fourth-order valence-electron chi connectivity index (χ4n) is 1.49. The fraction of sp³-hybridized carbons (Fsp3) is 0.0769. The van der Waals surface area contributed by atoms with Gasteiger partial charge in [-0.05, 0) is 30.3 Å². The highest BCUT2D eigenvalue weighted by molar-refractivity contribution is 6.30. The number of hydrogen-bond acceptors (Lipinski definition) is 4. The number of ether oxygens (including phenoxy) is 1. The predicted octanol–water partition coefficient (Wildman–Crippen LogP) is 2.58. The van der Waals surface area contributed by atoms with Crippen molar-refractivity contribution >= 4 is 29.0 Å². The zero-order valence-electron chi connectivity index (χ0n) is 10.2. The maximum absolute atomic E-state index is 12.0. The van der Waals surface area contributed by atoms with Gasteiger partial charge >= 0.3 is 0 Å². The monoisotopic (exact) mass is 277 g/mol. The van der Waals surface area contributed by atoms with Gasteiger partial charge in [0.25, 0.3) is 5.91 Å². The van der Waals surface area contributed by atoms with Crippen molar-refractivity contribution in [2.45, 2.75) is 0 Å². The van der Waals surface area contributed by atoms with E-state index in [2.05, 4.69) is 10.3 Å². The van der Waals surface area contributed by atoms with Crippen LogP contribution in [-0.4, -0.2) is 18.0 Å². The van der Waals surface area contributed by atoms with Crippen molar-refractivity contribution in [1.82, 2.24) is 4.98 Å². The number of amides is 1. The first-order chi connectivity index (χ1) is 9.10. The molecule has 0 atom stereocenters. The number of nitrogens with two attached hydrogens (primary N) is 1. The van der Waals surface area contributed by atoms with Crippen molar-refractivity contribution in [3.05, 3.63) is 47.1 Å². The second-order valence-corrected chi connectivity index (χ2v) is 4.21. The van der Waals surface area contributed by atoms with Crippen LogP contribution < -0.4 is 15.8 Å². The molecule has 98 valence electrons. The molecule has 5 nitrogen and oxygen atoms in total. The Morgan fingerprint density at radius 3 is 2.79 bits per heavy atom. The van der Waals surface area contributed by atoms with Crippen molar-refractivity contribution in [1.29, 1.82) is 0 Å². The lowest BCUT2D eigenvalue weighted by Crippen LogP contribution is -2.13. The van der Waals surface area contributed by atoms with E-state index in [4.69, 9.17) is 22.1 Å². The van der Waals surface area contributed by atoms with Crippen molar-refractivity contribution in [2.24, 2.45) is 0 Å². The summed E-state index contributed by atoms with van der Waals surface area (Å²) in [6.45, 7) is 0. The number of hydrogen-bond donors (Lipinski definition) is 2. The van der Waals surface area contributed by atoms with E-state index in [1.807, 2.05) is 0 Å². The molecule has 0 saturated carbocycles. The summed E-state index contributed by atoms with van der Waals surface area (Å²) in [4.78, 5) is 16.0. The van der Waals surface area contributed by atoms with Gasteiger partial charge in [-0.2, -0.15) is 0 Å². The summed E-state index contributed by atoms with van der Waals surface area (Å²) < 4.78 is 5.06. The molecule has 0 aliphatic carbocycles. The van der Waals surface area contributed by atoms with E-state index in [1.54, 1.807) is 30.3 Å². The summed E-state index contributed by atoms with van der Waals surface area (Å²) in [7, 11) is 1.49. The molecule has 1 amide bonds. The fourth-order valence-corrected chi connectivity index (χ4v) is 1.60. The third-order valence-electron chi connectivity index (χ3n) is 2.46. The second-order valence-electron chi connectivity index (χ2n) is 3.77. The Balaban J connectivity index is 2.18. The van der Waals surface area contributed by atoms with Crippen LogP contribution >= 0.6 is 11.6 Å². The van der Waals surface area contributed by atoms with Gasteiger partial charge in [0.15, 0.2) is 0 Å². The molecule has 0 spiro atoms. The molecule has 6 heteroatoms. The molecule has 1 aromatic heterocycles. The van der Waals surface area contributed by atoms with Gasteiger partial charge in [0.1, 0.15) is 11.6 Å². The molecule has 2 rings (SSSR count). The molecule has 2 aromatic rings. The van der Waals surface area contributed by atoms with Gasteiger partial charge in [-0.3, -0.25) is 4.79 Å². The highest BCUT2D eigenvalue weighted by atomic mass is 35.5. The average molecular weight is 278 g/mol. The topological polar surface area (TPSA) is 77.2 Å². The number of nitrogens with one attached hydrogen (secondary N) is 1. The molecular formula is C13H12ClN3O2. The third-order valence-corrected chi connectivity index (χ3v) is 2.69. The smallest absolute Gasteiger partial charge is 0.256 e. The minimum atomic E-state index is -0.298. The number of carbonyl (C=O) groups is 1. The number of benzene rings is 1. The van der Waals surface area contributed by atoms with Crippen LogP contribution in [0.1, 0.15) is 10.4 Å². The van der Waals surface area contributed by atoms with Crippen LogP contribution in [0.3, 0.4) is 0 Å². The maximum Gasteiger partial charge on any atom is 0.256 e. The zero-order chi connectivity index (χ0) is 13.8. The first-order valence-electron chi connectivity index (χ1n) is 5.46. The van der Waals surface area contributed by atoms with E-state index in [0.29, 0.717) is 27.8 Å². The Hall–Kier alpha value is -2.27. The summed E-state index contributed by atoms with van der Waals surface area (Å²) in [5, 5.41) is 3.16. The number of nitrogen functional groups attached to an aromatic ring is 1. The highest BCUT2D eigenvalue weighted by Gasteiger charge is 2.09. The minimum Gasteiger partial charge on any atom is -0.495 e. The van der Waals surface area contributed by atoms with Gasteiger partial charge in [-0.1, -0.05) is 11.6 Å². The maximum atomic E-state index is 12.0. The third kappa shape index (κ3) is 3.14. The van der Waals surface area contributed by atoms with Gasteiger partial charge in [0, 0.05) is 11.8 Å². The first-order valence-corrected chi connectivity index (χ1v) is 5.84. The van der Waals surface area contributed by atoms with Crippen LogP contribution in [0.2, 0.25) is 5.02 Å². The number of pyridine rings is 1. The Labute approximate surface area is 115 Å². The number of aromatic nitrogens is 1. The number of rotatable bonds is 3. The highest BCUT2D eigenvalue weighted by Crippen LogP contribution is 2.22. The second kappa shape index (κ2) is 5.58. The summed E-state index contributed by atoms with van der Waals surface area (Å²) >= 11 is 5.72. The van der Waals surface area contributed by atoms with Crippen LogP contribution in [0.5, 0.6) is 5.75 Å². The summed E-state index contributed by atoms with van der Waals surface area (Å²) in [5.41, 5.74) is 6.59. The molecule has 1 aromatic carbocycles. The molecule has 1 heterocycles. The lowest BCUT2D eigenvalue weighted by Gasteiger charge is -2.08. The van der Waals surface area contributed by atoms with Gasteiger partial charge in [0.2, 0.25) is 0 Å². The molecule has 3 N–H and O–H groups in total. The number of nitrogens with zero attached hydrogens (tertiary/aromatic N) is 1. The number of methoxy groups -OCH3 is 1. The number of halogens is 1. The Morgan fingerprint density at radius 2 is 2.16 bits per heavy atom. The van der Waals surface area contributed by atoms with E-state index in [0.717, 1.165) is 0 Å². The Morgan fingerprint density at radius 1 is 1.37 bits per heavy atom. The van der Waals surface area contributed by atoms with E-state index >= 15 is 0 Å². The van der Waals surface area contributed by atoms with Crippen molar-refractivity contribution < 1.29 is 9.53 Å². The normalized spacial score (nSPS) is 10.0. The molecule has 0 aliphatic rings. The van der Waals surface area contributed by atoms with Crippen LogP contribution in [0.4, 0.5) is 11.5 Å². The van der Waals surface area contributed by atoms with Gasteiger partial charge in [-0.15, -0.1) is 0 Å². The summed E-state index contributed by atoms with van der Waals surface area (Å²) in [6, 6.07) is 8.06. The predicted molar refractivity (Wildman–Crippen MR) is 74.6 cm³/mol. The van der Waals surface area contributed by atoms with Crippen LogP contribution in [-0.2, 0) is 0 Å². The molecule has 0 unspecified atom stereocenters. The zero-order valence-corrected chi connectivity index (χ0v) is 10.9. The van der Waals surface area contributed by atoms with Crippen molar-refractivity contribution in [3.63, 3.8) is 0 Å². The minimum absolute atomic E-state index is 0.298. The molecule has 19 heavy (non-hydrogen) atoms. The van der Waals surface area contributed by atoms with E-state index in [1.165, 1.54) is 13.3 Å². The average Bonchev–Trinajstić information content (AvgIpc) is 2.42. The lowest BCUT2D eigenvalue weighted by molar-refractivity contribution is 0.102. The molecule has 0 bridgehead atoms. The first kappa shape index (κ1) is 13.2. The van der Waals surface area contributed by atoms with Crippen molar-refractivity contribution in [2.75, 3.05) is 18.2 Å². The van der Waals surface area contributed by atoms with Crippen LogP contribution in [0.15, 0.2) is 36.5 Å². The molecule has 0 saturated heterocycles. The van der Waals surface area contributed by atoms with Gasteiger partial charge in [0.05, 0.1) is 17.8 Å². The standard InChI is InChI=1S/C13H12ClN3O2/c1-19-11-6-8(2-4-10(11)15)13(18)17-12-5-3-9(14)7-16-12/h2-7H,15H2,1H3,(H,16,17,18). The molecule has 0 radical (unpaired) electrons. The summed E-state index contributed by atoms with van der Waals surface area (Å²) in [6.07, 6.45) is 1.46. The summed E-state index contributed by atoms with van der Waals surface area (Å²) in [5.74, 6) is 0.579. The van der Waals surface area contributed by atoms with Gasteiger partial charge in [-0.25, -0.2) is 4.98 Å². The van der Waals surface area contributed by atoms with Crippen LogP contribution in [0, 0.1) is 0 Å². The van der Waals surface area contributed by atoms with E-state index in [9.17, 15) is 4.79 Å². The quantitative estimate of drug-likeness (QED) is 0.846. The van der Waals surface area contributed by atoms with Crippen LogP contribution in [0.25, 0.3) is 0 Å². The van der Waals surface area contributed by atoms with Gasteiger partial charge < -0.3 is 15.8 Å². The van der Waals surface area contributed by atoms with Crippen molar-refractivity contribution in [3.8, 4) is 5.75 Å². The Kier molecular flexibility index (Phi) is 3.87. The largest absolute Gasteiger partial charge is 0.495 e. The van der Waals surface area contributed by atoms with E-state index in [-0.39, 0.29) is 5.91 Å². The number of carbonyl (C=O) groups excluding carboxylic acids is 1.